The van der Waals surface area contributed by atoms with Gasteiger partial charge >= 0.3 is 0 Å². The summed E-state index contributed by atoms with van der Waals surface area (Å²) in [6, 6.07) is 7.63. The van der Waals surface area contributed by atoms with Gasteiger partial charge in [0.25, 0.3) is 0 Å². The Morgan fingerprint density at radius 2 is 2.42 bits per heavy atom. The summed E-state index contributed by atoms with van der Waals surface area (Å²) >= 11 is 3.42. The van der Waals surface area contributed by atoms with Gasteiger partial charge in [0.1, 0.15) is 5.54 Å². The molecule has 1 aliphatic rings. The van der Waals surface area contributed by atoms with Gasteiger partial charge in [-0.15, -0.1) is 0 Å². The van der Waals surface area contributed by atoms with Crippen molar-refractivity contribution in [2.24, 2.45) is 5.73 Å². The molecule has 2 unspecified atom stereocenters. The van der Waals surface area contributed by atoms with E-state index in [4.69, 9.17) is 10.5 Å². The number of halogens is 1. The lowest BCUT2D eigenvalue weighted by atomic mass is 9.91. The van der Waals surface area contributed by atoms with Gasteiger partial charge in [-0.25, -0.2) is 0 Å². The smallest absolute Gasteiger partial charge is 0.242 e. The lowest BCUT2D eigenvalue weighted by Crippen LogP contribution is -2.52. The molecule has 1 heterocycles. The van der Waals surface area contributed by atoms with Crippen LogP contribution in [0.5, 0.6) is 0 Å². The number of amides is 1. The molecule has 0 aromatic heterocycles. The minimum Gasteiger partial charge on any atom is -0.377 e. The highest BCUT2D eigenvalue weighted by Gasteiger charge is 2.34. The van der Waals surface area contributed by atoms with Crippen molar-refractivity contribution in [3.8, 4) is 0 Å². The second-order valence-electron chi connectivity index (χ2n) is 5.02. The van der Waals surface area contributed by atoms with Gasteiger partial charge in [0, 0.05) is 17.6 Å². The molecule has 2 rings (SSSR count). The first-order valence-corrected chi connectivity index (χ1v) is 7.24. The summed E-state index contributed by atoms with van der Waals surface area (Å²) in [6.45, 7) is 3.24. The number of ether oxygens (including phenoxy) is 1. The number of nitrogens with two attached hydrogens (primary N) is 1. The average Bonchev–Trinajstić information content (AvgIpc) is 2.88. The van der Waals surface area contributed by atoms with Crippen LogP contribution in [0.2, 0.25) is 0 Å². The molecule has 4 nitrogen and oxygen atoms in total. The highest BCUT2D eigenvalue weighted by Crippen LogP contribution is 2.24. The Bertz CT molecular complexity index is 461. The third-order valence-corrected chi connectivity index (χ3v) is 4.10. The minimum absolute atomic E-state index is 0.172. The van der Waals surface area contributed by atoms with Crippen molar-refractivity contribution in [1.82, 2.24) is 5.32 Å². The molecule has 0 aliphatic carbocycles. The molecule has 0 saturated carbocycles. The zero-order valence-electron chi connectivity index (χ0n) is 11.0. The van der Waals surface area contributed by atoms with Crippen LogP contribution < -0.4 is 11.1 Å². The molecule has 0 spiro atoms. The third-order valence-electron chi connectivity index (χ3n) is 3.60. The first-order chi connectivity index (χ1) is 9.02. The van der Waals surface area contributed by atoms with E-state index in [0.29, 0.717) is 6.54 Å². The Kier molecular flexibility index (Phi) is 4.60. The van der Waals surface area contributed by atoms with Gasteiger partial charge in [0.05, 0.1) is 6.10 Å². The Labute approximate surface area is 121 Å². The highest BCUT2D eigenvalue weighted by molar-refractivity contribution is 9.10. The van der Waals surface area contributed by atoms with Crippen molar-refractivity contribution in [2.45, 2.75) is 31.4 Å². The number of carbonyl (C=O) groups excluding carboxylic acids is 1. The predicted octanol–water partition coefficient (Wildman–Crippen LogP) is 1.92. The maximum absolute atomic E-state index is 11.8. The first kappa shape index (κ1) is 14.5. The second kappa shape index (κ2) is 6.03. The van der Waals surface area contributed by atoms with Gasteiger partial charge in [0.2, 0.25) is 5.91 Å². The fraction of sp³-hybridized carbons (Fsp3) is 0.500. The largest absolute Gasteiger partial charge is 0.377 e. The maximum atomic E-state index is 11.8. The van der Waals surface area contributed by atoms with Gasteiger partial charge < -0.3 is 10.5 Å². The molecular formula is C14H19BrN2O2. The van der Waals surface area contributed by atoms with Crippen molar-refractivity contribution in [3.05, 3.63) is 34.3 Å². The monoisotopic (exact) mass is 326 g/mol. The van der Waals surface area contributed by atoms with E-state index in [9.17, 15) is 4.79 Å². The Morgan fingerprint density at radius 3 is 3.00 bits per heavy atom. The maximum Gasteiger partial charge on any atom is 0.242 e. The summed E-state index contributed by atoms with van der Waals surface area (Å²) in [5, 5.41) is 3.26. The molecule has 19 heavy (non-hydrogen) atoms. The van der Waals surface area contributed by atoms with E-state index in [0.717, 1.165) is 29.5 Å². The fourth-order valence-electron chi connectivity index (χ4n) is 2.25. The van der Waals surface area contributed by atoms with Crippen LogP contribution in [0.15, 0.2) is 28.7 Å². The van der Waals surface area contributed by atoms with Crippen LogP contribution in [0.1, 0.15) is 25.3 Å². The molecule has 104 valence electrons. The topological polar surface area (TPSA) is 64.3 Å². The summed E-state index contributed by atoms with van der Waals surface area (Å²) in [6.07, 6.45) is 2.28. The molecule has 1 aromatic rings. The standard InChI is InChI=1S/C14H19BrN2O2/c1-14(13(16)18,10-4-2-5-11(15)8-10)17-9-12-6-3-7-19-12/h2,4-5,8,12,17H,3,6-7,9H2,1H3,(H2,16,18). The van der Waals surface area contributed by atoms with E-state index in [1.54, 1.807) is 0 Å². The molecule has 1 aromatic carbocycles. The summed E-state index contributed by atoms with van der Waals surface area (Å²) in [4.78, 5) is 11.8. The summed E-state index contributed by atoms with van der Waals surface area (Å²) in [5.74, 6) is -0.386. The van der Waals surface area contributed by atoms with Gasteiger partial charge in [-0.05, 0) is 37.5 Å². The predicted molar refractivity (Wildman–Crippen MR) is 77.7 cm³/mol. The minimum atomic E-state index is -0.879. The van der Waals surface area contributed by atoms with E-state index in [2.05, 4.69) is 21.2 Å². The van der Waals surface area contributed by atoms with E-state index >= 15 is 0 Å². The number of nitrogens with one attached hydrogen (secondary N) is 1. The molecule has 1 aliphatic heterocycles. The molecule has 5 heteroatoms. The van der Waals surface area contributed by atoms with E-state index < -0.39 is 5.54 Å². The quantitative estimate of drug-likeness (QED) is 0.868. The van der Waals surface area contributed by atoms with E-state index in [1.165, 1.54) is 0 Å². The second-order valence-corrected chi connectivity index (χ2v) is 5.93. The Hall–Kier alpha value is -0.910. The van der Waals surface area contributed by atoms with Gasteiger partial charge in [-0.1, -0.05) is 28.1 Å². The Balaban J connectivity index is 2.14. The van der Waals surface area contributed by atoms with Gasteiger partial charge in [0.15, 0.2) is 0 Å². The molecule has 3 N–H and O–H groups in total. The Morgan fingerprint density at radius 1 is 1.63 bits per heavy atom. The fourth-order valence-corrected chi connectivity index (χ4v) is 2.65. The van der Waals surface area contributed by atoms with Gasteiger partial charge in [-0.2, -0.15) is 0 Å². The zero-order valence-corrected chi connectivity index (χ0v) is 12.6. The summed E-state index contributed by atoms with van der Waals surface area (Å²) in [7, 11) is 0. The zero-order chi connectivity index (χ0) is 13.9. The lowest BCUT2D eigenvalue weighted by Gasteiger charge is -2.29. The molecule has 0 bridgehead atoms. The van der Waals surface area contributed by atoms with Crippen LogP contribution in [0.25, 0.3) is 0 Å². The number of hydrogen-bond acceptors (Lipinski definition) is 3. The van der Waals surface area contributed by atoms with Crippen LogP contribution >= 0.6 is 15.9 Å². The molecule has 1 amide bonds. The highest BCUT2D eigenvalue weighted by atomic mass is 79.9. The normalized spacial score (nSPS) is 22.1. The number of hydrogen-bond donors (Lipinski definition) is 2. The van der Waals surface area contributed by atoms with Crippen molar-refractivity contribution in [2.75, 3.05) is 13.2 Å². The van der Waals surface area contributed by atoms with Gasteiger partial charge in [-0.3, -0.25) is 10.1 Å². The van der Waals surface area contributed by atoms with Crippen LogP contribution in [0, 0.1) is 0 Å². The molecular weight excluding hydrogens is 308 g/mol. The summed E-state index contributed by atoms with van der Waals surface area (Å²) < 4.78 is 6.49. The van der Waals surface area contributed by atoms with Crippen molar-refractivity contribution in [1.29, 1.82) is 0 Å². The van der Waals surface area contributed by atoms with Crippen LogP contribution in [0.3, 0.4) is 0 Å². The number of primary amides is 1. The summed E-state index contributed by atoms with van der Waals surface area (Å²) in [5.41, 5.74) is 5.56. The van der Waals surface area contributed by atoms with Crippen molar-refractivity contribution >= 4 is 21.8 Å². The van der Waals surface area contributed by atoms with E-state index in [1.807, 2.05) is 31.2 Å². The van der Waals surface area contributed by atoms with Crippen LogP contribution in [-0.2, 0) is 15.1 Å². The molecule has 1 fully saturated rings. The van der Waals surface area contributed by atoms with Crippen molar-refractivity contribution < 1.29 is 9.53 Å². The van der Waals surface area contributed by atoms with E-state index in [-0.39, 0.29) is 12.0 Å². The number of benzene rings is 1. The SMILES string of the molecule is CC(NCC1CCCO1)(C(N)=O)c1cccc(Br)c1. The molecule has 0 radical (unpaired) electrons. The molecule has 1 saturated heterocycles. The van der Waals surface area contributed by atoms with Crippen LogP contribution in [-0.4, -0.2) is 25.2 Å². The number of carbonyl (C=O) groups is 1. The average molecular weight is 327 g/mol. The van der Waals surface area contributed by atoms with Crippen molar-refractivity contribution in [3.63, 3.8) is 0 Å². The number of rotatable bonds is 5. The lowest BCUT2D eigenvalue weighted by molar-refractivity contribution is -0.124. The molecule has 2 atom stereocenters. The first-order valence-electron chi connectivity index (χ1n) is 6.45. The third kappa shape index (κ3) is 3.35. The van der Waals surface area contributed by atoms with Crippen LogP contribution in [0.4, 0.5) is 0 Å².